The van der Waals surface area contributed by atoms with Crippen LogP contribution in [0.5, 0.6) is 0 Å². The lowest BCUT2D eigenvalue weighted by atomic mass is 9.92. The van der Waals surface area contributed by atoms with E-state index < -0.39 is 11.9 Å². The number of hydrogen-bond donors (Lipinski definition) is 1. The van der Waals surface area contributed by atoms with Crippen molar-refractivity contribution in [1.82, 2.24) is 0 Å². The summed E-state index contributed by atoms with van der Waals surface area (Å²) in [5.41, 5.74) is 1.44. The highest BCUT2D eigenvalue weighted by Crippen LogP contribution is 2.25. The fraction of sp³-hybridized carbons (Fsp3) is 0.188. The van der Waals surface area contributed by atoms with Crippen molar-refractivity contribution in [2.24, 2.45) is 5.92 Å². The zero-order valence-corrected chi connectivity index (χ0v) is 12.5. The maximum Gasteiger partial charge on any atom is 0.307 e. The Labute approximate surface area is 132 Å². The van der Waals surface area contributed by atoms with Crippen molar-refractivity contribution in [3.05, 3.63) is 69.5 Å². The third kappa shape index (κ3) is 4.45. The lowest BCUT2D eigenvalue weighted by Crippen LogP contribution is -2.19. The molecule has 0 aliphatic carbocycles. The number of halogens is 3. The van der Waals surface area contributed by atoms with Gasteiger partial charge in [-0.05, 0) is 48.2 Å². The first-order valence-electron chi connectivity index (χ1n) is 6.37. The number of rotatable bonds is 5. The first-order chi connectivity index (χ1) is 9.95. The Balaban J connectivity index is 2.15. The standard InChI is InChI=1S/C16H13Cl2FO2/c17-14-5-4-11(9-15(14)18)7-12(16(20)21)6-10-2-1-3-13(19)8-10/h1-5,8-9,12H,6-7H2,(H,20,21). The Hall–Kier alpha value is -1.58. The summed E-state index contributed by atoms with van der Waals surface area (Å²) in [4.78, 5) is 11.4. The predicted molar refractivity (Wildman–Crippen MR) is 81.4 cm³/mol. The third-order valence-corrected chi connectivity index (χ3v) is 3.93. The van der Waals surface area contributed by atoms with Gasteiger partial charge in [0.1, 0.15) is 5.82 Å². The molecular weight excluding hydrogens is 314 g/mol. The molecule has 0 aromatic heterocycles. The van der Waals surface area contributed by atoms with E-state index in [2.05, 4.69) is 0 Å². The van der Waals surface area contributed by atoms with E-state index in [-0.39, 0.29) is 12.2 Å². The molecule has 0 radical (unpaired) electrons. The van der Waals surface area contributed by atoms with Crippen LogP contribution in [0.1, 0.15) is 11.1 Å². The van der Waals surface area contributed by atoms with Gasteiger partial charge in [-0.3, -0.25) is 4.79 Å². The summed E-state index contributed by atoms with van der Waals surface area (Å²) < 4.78 is 13.2. The number of carboxylic acid groups (broad SMARTS) is 1. The van der Waals surface area contributed by atoms with Crippen LogP contribution in [0.25, 0.3) is 0 Å². The van der Waals surface area contributed by atoms with E-state index in [4.69, 9.17) is 23.2 Å². The van der Waals surface area contributed by atoms with Crippen molar-refractivity contribution in [2.75, 3.05) is 0 Å². The molecule has 1 unspecified atom stereocenters. The molecule has 0 heterocycles. The van der Waals surface area contributed by atoms with Crippen LogP contribution in [0, 0.1) is 11.7 Å². The largest absolute Gasteiger partial charge is 0.481 e. The number of benzene rings is 2. The summed E-state index contributed by atoms with van der Waals surface area (Å²) >= 11 is 11.8. The molecular formula is C16H13Cl2FO2. The van der Waals surface area contributed by atoms with Crippen LogP contribution in [0.15, 0.2) is 42.5 Å². The fourth-order valence-corrected chi connectivity index (χ4v) is 2.47. The van der Waals surface area contributed by atoms with E-state index in [1.807, 2.05) is 0 Å². The molecule has 1 atom stereocenters. The minimum Gasteiger partial charge on any atom is -0.481 e. The minimum absolute atomic E-state index is 0.257. The maximum absolute atomic E-state index is 13.2. The van der Waals surface area contributed by atoms with Gasteiger partial charge in [0.05, 0.1) is 16.0 Å². The molecule has 2 nitrogen and oxygen atoms in total. The first kappa shape index (κ1) is 15.8. The van der Waals surface area contributed by atoms with Crippen molar-refractivity contribution < 1.29 is 14.3 Å². The predicted octanol–water partition coefficient (Wildman–Crippen LogP) is 4.62. The summed E-state index contributed by atoms with van der Waals surface area (Å²) in [7, 11) is 0. The number of carbonyl (C=O) groups is 1. The van der Waals surface area contributed by atoms with Gasteiger partial charge in [-0.15, -0.1) is 0 Å². The van der Waals surface area contributed by atoms with Crippen LogP contribution in [0.2, 0.25) is 10.0 Å². The molecule has 2 aromatic rings. The van der Waals surface area contributed by atoms with Crippen LogP contribution in [0.3, 0.4) is 0 Å². The first-order valence-corrected chi connectivity index (χ1v) is 7.12. The smallest absolute Gasteiger partial charge is 0.307 e. The summed E-state index contributed by atoms with van der Waals surface area (Å²) in [5, 5.41) is 10.2. The summed E-state index contributed by atoms with van der Waals surface area (Å²) in [6.07, 6.45) is 0.566. The van der Waals surface area contributed by atoms with Crippen LogP contribution < -0.4 is 0 Å². The highest BCUT2D eigenvalue weighted by molar-refractivity contribution is 6.42. The van der Waals surface area contributed by atoms with Gasteiger partial charge in [0, 0.05) is 0 Å². The van der Waals surface area contributed by atoms with Gasteiger partial charge in [0.15, 0.2) is 0 Å². The zero-order chi connectivity index (χ0) is 15.4. The van der Waals surface area contributed by atoms with E-state index in [0.29, 0.717) is 22.0 Å². The van der Waals surface area contributed by atoms with Crippen molar-refractivity contribution in [3.63, 3.8) is 0 Å². The van der Waals surface area contributed by atoms with Crippen molar-refractivity contribution in [2.45, 2.75) is 12.8 Å². The zero-order valence-electron chi connectivity index (χ0n) is 11.0. The molecule has 0 bridgehead atoms. The monoisotopic (exact) mass is 326 g/mol. The second-order valence-electron chi connectivity index (χ2n) is 4.82. The van der Waals surface area contributed by atoms with E-state index in [9.17, 15) is 14.3 Å². The highest BCUT2D eigenvalue weighted by Gasteiger charge is 2.19. The molecule has 0 fully saturated rings. The van der Waals surface area contributed by atoms with Crippen LogP contribution in [0.4, 0.5) is 4.39 Å². The maximum atomic E-state index is 13.2. The average Bonchev–Trinajstić information content (AvgIpc) is 2.42. The van der Waals surface area contributed by atoms with Gasteiger partial charge >= 0.3 is 5.97 Å². The SMILES string of the molecule is O=C(O)C(Cc1cccc(F)c1)Cc1ccc(Cl)c(Cl)c1. The Morgan fingerprint density at radius 3 is 2.29 bits per heavy atom. The number of aliphatic carboxylic acids is 1. The van der Waals surface area contributed by atoms with Crippen molar-refractivity contribution in [1.29, 1.82) is 0 Å². The van der Waals surface area contributed by atoms with Gasteiger partial charge < -0.3 is 5.11 Å². The molecule has 2 aromatic carbocycles. The molecule has 0 aliphatic heterocycles. The molecule has 0 spiro atoms. The van der Waals surface area contributed by atoms with Gasteiger partial charge in [-0.2, -0.15) is 0 Å². The second-order valence-corrected chi connectivity index (χ2v) is 5.64. The molecule has 0 aliphatic rings. The van der Waals surface area contributed by atoms with Crippen molar-refractivity contribution in [3.8, 4) is 0 Å². The summed E-state index contributed by atoms with van der Waals surface area (Å²) in [5.74, 6) is -1.94. The molecule has 21 heavy (non-hydrogen) atoms. The highest BCUT2D eigenvalue weighted by atomic mass is 35.5. The van der Waals surface area contributed by atoms with E-state index in [1.54, 1.807) is 30.3 Å². The molecule has 5 heteroatoms. The van der Waals surface area contributed by atoms with Gasteiger partial charge in [0.2, 0.25) is 0 Å². The average molecular weight is 327 g/mol. The van der Waals surface area contributed by atoms with Crippen LogP contribution >= 0.6 is 23.2 Å². The van der Waals surface area contributed by atoms with Crippen LogP contribution in [-0.2, 0) is 17.6 Å². The molecule has 0 saturated heterocycles. The molecule has 2 rings (SSSR count). The topological polar surface area (TPSA) is 37.3 Å². The van der Waals surface area contributed by atoms with E-state index >= 15 is 0 Å². The Morgan fingerprint density at radius 2 is 1.71 bits per heavy atom. The van der Waals surface area contributed by atoms with E-state index in [0.717, 1.165) is 5.56 Å². The normalized spacial score (nSPS) is 12.1. The summed E-state index contributed by atoms with van der Waals surface area (Å²) in [6, 6.07) is 11.0. The fourth-order valence-electron chi connectivity index (χ4n) is 2.15. The number of carboxylic acids is 1. The molecule has 0 saturated carbocycles. The Morgan fingerprint density at radius 1 is 1.05 bits per heavy atom. The van der Waals surface area contributed by atoms with Crippen molar-refractivity contribution >= 4 is 29.2 Å². The number of hydrogen-bond acceptors (Lipinski definition) is 1. The second kappa shape index (κ2) is 6.92. The van der Waals surface area contributed by atoms with Gasteiger partial charge in [-0.1, -0.05) is 41.4 Å². The Kier molecular flexibility index (Phi) is 5.21. The minimum atomic E-state index is -0.926. The quantitative estimate of drug-likeness (QED) is 0.870. The molecule has 1 N–H and O–H groups in total. The summed E-state index contributed by atoms with van der Waals surface area (Å²) in [6.45, 7) is 0. The van der Waals surface area contributed by atoms with Gasteiger partial charge in [0.25, 0.3) is 0 Å². The van der Waals surface area contributed by atoms with Crippen LogP contribution in [-0.4, -0.2) is 11.1 Å². The third-order valence-electron chi connectivity index (χ3n) is 3.19. The molecule has 0 amide bonds. The van der Waals surface area contributed by atoms with Gasteiger partial charge in [-0.25, -0.2) is 4.39 Å². The lowest BCUT2D eigenvalue weighted by Gasteiger charge is -2.13. The van der Waals surface area contributed by atoms with E-state index in [1.165, 1.54) is 12.1 Å². The Bertz CT molecular complexity index is 658. The lowest BCUT2D eigenvalue weighted by molar-refractivity contribution is -0.141. The molecule has 110 valence electrons.